The van der Waals surface area contributed by atoms with Crippen molar-refractivity contribution in [3.05, 3.63) is 35.9 Å². The zero-order chi connectivity index (χ0) is 9.31. The molecule has 0 radical (unpaired) electrons. The highest BCUT2D eigenvalue weighted by Crippen LogP contribution is 2.47. The molecule has 2 heteroatoms. The minimum absolute atomic E-state index is 0.0180. The number of benzene rings is 1. The van der Waals surface area contributed by atoms with E-state index in [9.17, 15) is 4.79 Å². The first-order chi connectivity index (χ1) is 6.28. The van der Waals surface area contributed by atoms with Crippen molar-refractivity contribution in [2.45, 2.75) is 12.8 Å². The van der Waals surface area contributed by atoms with E-state index in [1.807, 2.05) is 18.2 Å². The normalized spacial score (nSPS) is 17.5. The molecule has 13 heavy (non-hydrogen) atoms. The molecule has 0 bridgehead atoms. The van der Waals surface area contributed by atoms with E-state index in [2.05, 4.69) is 6.07 Å². The lowest BCUT2D eigenvalue weighted by Gasteiger charge is -2.03. The van der Waals surface area contributed by atoms with Gasteiger partial charge >= 0.3 is 0 Å². The van der Waals surface area contributed by atoms with Gasteiger partial charge < -0.3 is 0 Å². The van der Waals surface area contributed by atoms with Crippen molar-refractivity contribution in [2.24, 2.45) is 5.41 Å². The summed E-state index contributed by atoms with van der Waals surface area (Å²) in [5, 5.41) is 8.82. The number of Topliss-reactive ketones (excluding diaryl/α,β-unsaturated/α-hetero) is 1. The van der Waals surface area contributed by atoms with Crippen LogP contribution in [0.25, 0.3) is 0 Å². The van der Waals surface area contributed by atoms with Gasteiger partial charge in [0.1, 0.15) is 5.41 Å². The molecule has 0 unspecified atom stereocenters. The minimum atomic E-state index is -0.679. The van der Waals surface area contributed by atoms with E-state index >= 15 is 0 Å². The lowest BCUT2D eigenvalue weighted by atomic mass is 9.96. The average Bonchev–Trinajstić information content (AvgIpc) is 2.99. The van der Waals surface area contributed by atoms with E-state index in [-0.39, 0.29) is 5.78 Å². The molecule has 0 aliphatic heterocycles. The molecule has 0 amide bonds. The predicted molar refractivity (Wildman–Crippen MR) is 48.1 cm³/mol. The summed E-state index contributed by atoms with van der Waals surface area (Å²) >= 11 is 0. The summed E-state index contributed by atoms with van der Waals surface area (Å²) in [6.45, 7) is 0. The quantitative estimate of drug-likeness (QED) is 0.640. The molecular formula is C11H9NO. The van der Waals surface area contributed by atoms with Crippen LogP contribution in [0.2, 0.25) is 0 Å². The fourth-order valence-electron chi connectivity index (χ4n) is 1.38. The van der Waals surface area contributed by atoms with Crippen molar-refractivity contribution >= 4 is 5.78 Å². The van der Waals surface area contributed by atoms with Crippen molar-refractivity contribution in [3.8, 4) is 6.07 Å². The van der Waals surface area contributed by atoms with Gasteiger partial charge in [-0.15, -0.1) is 0 Å². The van der Waals surface area contributed by atoms with Gasteiger partial charge in [0.15, 0.2) is 5.78 Å². The van der Waals surface area contributed by atoms with Gasteiger partial charge in [-0.1, -0.05) is 30.3 Å². The maximum atomic E-state index is 11.7. The second-order valence-corrected chi connectivity index (χ2v) is 3.39. The van der Waals surface area contributed by atoms with E-state index in [0.717, 1.165) is 12.8 Å². The predicted octanol–water partition coefficient (Wildman–Crippen LogP) is 2.17. The van der Waals surface area contributed by atoms with E-state index < -0.39 is 5.41 Å². The lowest BCUT2D eigenvalue weighted by Crippen LogP contribution is -2.13. The molecule has 2 rings (SSSR count). The molecule has 0 heterocycles. The minimum Gasteiger partial charge on any atom is -0.292 e. The summed E-state index contributed by atoms with van der Waals surface area (Å²) in [5.41, 5.74) is -0.0250. The number of hydrogen-bond acceptors (Lipinski definition) is 2. The third-order valence-electron chi connectivity index (χ3n) is 2.43. The molecule has 1 aromatic carbocycles. The molecule has 1 saturated carbocycles. The van der Waals surface area contributed by atoms with E-state index in [4.69, 9.17) is 5.26 Å². The number of nitrogens with zero attached hydrogens (tertiary/aromatic N) is 1. The summed E-state index contributed by atoms with van der Waals surface area (Å²) in [4.78, 5) is 11.7. The third-order valence-corrected chi connectivity index (χ3v) is 2.43. The first-order valence-electron chi connectivity index (χ1n) is 4.30. The summed E-state index contributed by atoms with van der Waals surface area (Å²) in [6, 6.07) is 11.1. The summed E-state index contributed by atoms with van der Waals surface area (Å²) in [7, 11) is 0. The van der Waals surface area contributed by atoms with E-state index in [1.54, 1.807) is 12.1 Å². The molecule has 1 aliphatic carbocycles. The van der Waals surface area contributed by atoms with Crippen molar-refractivity contribution in [3.63, 3.8) is 0 Å². The van der Waals surface area contributed by atoms with Crippen LogP contribution in [0.15, 0.2) is 30.3 Å². The van der Waals surface area contributed by atoms with E-state index in [0.29, 0.717) is 5.56 Å². The number of carbonyl (C=O) groups is 1. The molecule has 1 aromatic rings. The molecular weight excluding hydrogens is 162 g/mol. The standard InChI is InChI=1S/C11H9NO/c12-8-11(6-7-11)10(13)9-4-2-1-3-5-9/h1-5H,6-7H2. The Balaban J connectivity index is 2.30. The van der Waals surface area contributed by atoms with Crippen LogP contribution >= 0.6 is 0 Å². The van der Waals surface area contributed by atoms with Gasteiger partial charge in [-0.05, 0) is 12.8 Å². The van der Waals surface area contributed by atoms with Gasteiger partial charge in [0.05, 0.1) is 6.07 Å². The van der Waals surface area contributed by atoms with Gasteiger partial charge in [0.25, 0.3) is 0 Å². The molecule has 1 aliphatic rings. The van der Waals surface area contributed by atoms with Gasteiger partial charge in [0.2, 0.25) is 0 Å². The number of rotatable bonds is 2. The smallest absolute Gasteiger partial charge is 0.183 e. The Morgan fingerprint density at radius 3 is 2.38 bits per heavy atom. The van der Waals surface area contributed by atoms with Gasteiger partial charge in [-0.25, -0.2) is 0 Å². The first-order valence-corrected chi connectivity index (χ1v) is 4.30. The van der Waals surface area contributed by atoms with Crippen LogP contribution in [-0.4, -0.2) is 5.78 Å². The van der Waals surface area contributed by atoms with Crippen LogP contribution in [0.4, 0.5) is 0 Å². The Labute approximate surface area is 76.8 Å². The van der Waals surface area contributed by atoms with Crippen molar-refractivity contribution in [1.29, 1.82) is 5.26 Å². The van der Waals surface area contributed by atoms with Crippen molar-refractivity contribution in [2.75, 3.05) is 0 Å². The fraction of sp³-hybridized carbons (Fsp3) is 0.273. The molecule has 0 aromatic heterocycles. The van der Waals surface area contributed by atoms with Gasteiger partial charge in [0, 0.05) is 5.56 Å². The zero-order valence-corrected chi connectivity index (χ0v) is 7.16. The van der Waals surface area contributed by atoms with E-state index in [1.165, 1.54) is 0 Å². The van der Waals surface area contributed by atoms with Crippen molar-refractivity contribution < 1.29 is 4.79 Å². The SMILES string of the molecule is N#CC1(C(=O)c2ccccc2)CC1. The largest absolute Gasteiger partial charge is 0.292 e. The molecule has 0 atom stereocenters. The highest BCUT2D eigenvalue weighted by Gasteiger charge is 2.50. The second kappa shape index (κ2) is 2.70. The Kier molecular flexibility index (Phi) is 1.66. The average molecular weight is 171 g/mol. The molecule has 2 nitrogen and oxygen atoms in total. The maximum Gasteiger partial charge on any atom is 0.183 e. The number of hydrogen-bond donors (Lipinski definition) is 0. The van der Waals surface area contributed by atoms with Crippen LogP contribution in [0.1, 0.15) is 23.2 Å². The molecule has 0 spiro atoms. The topological polar surface area (TPSA) is 40.9 Å². The lowest BCUT2D eigenvalue weighted by molar-refractivity contribution is 0.0934. The number of ketones is 1. The van der Waals surface area contributed by atoms with Gasteiger partial charge in [-0.2, -0.15) is 5.26 Å². The number of carbonyl (C=O) groups excluding carboxylic acids is 1. The Morgan fingerprint density at radius 1 is 1.31 bits per heavy atom. The van der Waals surface area contributed by atoms with Gasteiger partial charge in [-0.3, -0.25) is 4.79 Å². The van der Waals surface area contributed by atoms with Crippen LogP contribution in [0, 0.1) is 16.7 Å². The Hall–Kier alpha value is -1.62. The van der Waals surface area contributed by atoms with Crippen LogP contribution in [-0.2, 0) is 0 Å². The molecule has 64 valence electrons. The fourth-order valence-corrected chi connectivity index (χ4v) is 1.38. The summed E-state index contributed by atoms with van der Waals surface area (Å²) in [6.07, 6.45) is 1.44. The Morgan fingerprint density at radius 2 is 1.92 bits per heavy atom. The van der Waals surface area contributed by atoms with Crippen molar-refractivity contribution in [1.82, 2.24) is 0 Å². The van der Waals surface area contributed by atoms with Crippen LogP contribution < -0.4 is 0 Å². The Bertz CT molecular complexity index is 371. The maximum absolute atomic E-state index is 11.7. The summed E-state index contributed by atoms with van der Waals surface area (Å²) < 4.78 is 0. The number of nitriles is 1. The molecule has 1 fully saturated rings. The van der Waals surface area contributed by atoms with Crippen LogP contribution in [0.5, 0.6) is 0 Å². The monoisotopic (exact) mass is 171 g/mol. The highest BCUT2D eigenvalue weighted by molar-refractivity contribution is 6.04. The second-order valence-electron chi connectivity index (χ2n) is 3.39. The zero-order valence-electron chi connectivity index (χ0n) is 7.16. The first kappa shape index (κ1) is 8.00. The van der Waals surface area contributed by atoms with Crippen LogP contribution in [0.3, 0.4) is 0 Å². The molecule has 0 N–H and O–H groups in total. The summed E-state index contributed by atoms with van der Waals surface area (Å²) in [5.74, 6) is -0.0180. The highest BCUT2D eigenvalue weighted by atomic mass is 16.1. The molecule has 0 saturated heterocycles. The third kappa shape index (κ3) is 1.23.